The Kier molecular flexibility index (Phi) is 29.8. The minimum absolute atomic E-state index is 0.290. The third kappa shape index (κ3) is 26.1. The number of aromatic hydroxyl groups is 2. The molecule has 18 heteroatoms. The number of hydrogen-bond acceptors (Lipinski definition) is 12. The normalized spacial score (nSPS) is 11.9. The molecule has 364 valence electrons. The average Bonchev–Trinajstić information content (AvgIpc) is 3.28. The molecule has 12 N–H and O–H groups in total. The molecule has 4 aromatic rings. The molecule has 0 saturated heterocycles. The third-order valence-corrected chi connectivity index (χ3v) is 11.0. The lowest BCUT2D eigenvalue weighted by Gasteiger charge is -2.14. The van der Waals surface area contributed by atoms with Crippen LogP contribution in [-0.4, -0.2) is 95.2 Å². The van der Waals surface area contributed by atoms with Crippen LogP contribution in [-0.2, 0) is 31.9 Å². The Morgan fingerprint density at radius 3 is 1.17 bits per heavy atom. The van der Waals surface area contributed by atoms with E-state index in [0.29, 0.717) is 81.0 Å². The maximum absolute atomic E-state index is 10.2. The zero-order valence-electron chi connectivity index (χ0n) is 36.9. The quantitative estimate of drug-likeness (QED) is 0.0145. The van der Waals surface area contributed by atoms with Gasteiger partial charge in [-0.15, -0.1) is 0 Å². The van der Waals surface area contributed by atoms with Crippen molar-refractivity contribution in [3.8, 4) is 11.5 Å². The SMILES string of the molecule is Nc1c(Cl)cc(C(O)CNCCCCCCOCCc2ccc(O)cc2)cc1Cl.Nc1c(Cl)cc(C(O)CNCCCCCCOCCc2ccc(O)cc2)cc1Cl.O=C(O)/C=C/C(=O)O. The van der Waals surface area contributed by atoms with E-state index < -0.39 is 24.1 Å². The number of unbranched alkanes of at least 4 members (excludes halogenated alkanes) is 6. The van der Waals surface area contributed by atoms with Crippen LogP contribution in [0.4, 0.5) is 11.4 Å². The number of benzene rings is 4. The summed E-state index contributed by atoms with van der Waals surface area (Å²) >= 11 is 24.0. The monoisotopic (exact) mass is 996 g/mol. The van der Waals surface area contributed by atoms with Gasteiger partial charge in [-0.05, 0) is 122 Å². The van der Waals surface area contributed by atoms with Crippen LogP contribution in [0.25, 0.3) is 0 Å². The first kappa shape index (κ1) is 57.8. The topological polar surface area (TPSA) is 250 Å². The molecular formula is C48H64Cl4N4O10. The minimum atomic E-state index is -1.26. The summed E-state index contributed by atoms with van der Waals surface area (Å²) in [5.74, 6) is -1.93. The summed E-state index contributed by atoms with van der Waals surface area (Å²) < 4.78 is 11.3. The lowest BCUT2D eigenvalue weighted by molar-refractivity contribution is -0.134. The van der Waals surface area contributed by atoms with Gasteiger partial charge in [-0.1, -0.05) is 96.4 Å². The van der Waals surface area contributed by atoms with Gasteiger partial charge in [0, 0.05) is 38.5 Å². The lowest BCUT2D eigenvalue weighted by atomic mass is 10.1. The summed E-state index contributed by atoms with van der Waals surface area (Å²) in [4.78, 5) is 19.1. The second-order valence-electron chi connectivity index (χ2n) is 15.1. The van der Waals surface area contributed by atoms with Gasteiger partial charge in [-0.3, -0.25) is 0 Å². The van der Waals surface area contributed by atoms with Gasteiger partial charge in [0.05, 0.1) is 56.9 Å². The first-order chi connectivity index (χ1) is 31.6. The Morgan fingerprint density at radius 1 is 0.530 bits per heavy atom. The van der Waals surface area contributed by atoms with E-state index in [0.717, 1.165) is 90.5 Å². The highest BCUT2D eigenvalue weighted by atomic mass is 35.5. The lowest BCUT2D eigenvalue weighted by Crippen LogP contribution is -2.22. The Hall–Kier alpha value is -4.32. The number of carbonyl (C=O) groups is 2. The molecule has 0 aliphatic carbocycles. The van der Waals surface area contributed by atoms with E-state index in [9.17, 15) is 30.0 Å². The molecule has 4 aromatic carbocycles. The Bertz CT molecular complexity index is 1840. The van der Waals surface area contributed by atoms with Crippen molar-refractivity contribution in [3.63, 3.8) is 0 Å². The number of hydrogen-bond donors (Lipinski definition) is 10. The number of carboxylic acid groups (broad SMARTS) is 2. The van der Waals surface area contributed by atoms with Gasteiger partial charge in [0.25, 0.3) is 0 Å². The van der Waals surface area contributed by atoms with Crippen LogP contribution < -0.4 is 22.1 Å². The van der Waals surface area contributed by atoms with Crippen LogP contribution >= 0.6 is 46.4 Å². The van der Waals surface area contributed by atoms with Crippen molar-refractivity contribution in [1.29, 1.82) is 0 Å². The summed E-state index contributed by atoms with van der Waals surface area (Å²) in [7, 11) is 0. The number of anilines is 2. The first-order valence-corrected chi connectivity index (χ1v) is 23.2. The standard InChI is InChI=1S/2C22H30Cl2N2O3.C4H4O4/c2*23-19-13-17(14-20(24)22(19)25)21(28)15-26-10-3-1-2-4-11-29-12-9-16-5-7-18(27)8-6-16;5-3(6)1-2-4(7)8/h2*5-8,13-14,21,26-28H,1-4,9-12,15,25H2;1-2H,(H,5,6)(H,7,8)/b;;2-1+. The van der Waals surface area contributed by atoms with Crippen molar-refractivity contribution in [2.24, 2.45) is 0 Å². The highest BCUT2D eigenvalue weighted by molar-refractivity contribution is 6.39. The predicted molar refractivity (Wildman–Crippen MR) is 264 cm³/mol. The summed E-state index contributed by atoms with van der Waals surface area (Å²) in [5.41, 5.74) is 15.7. The zero-order valence-corrected chi connectivity index (χ0v) is 40.0. The smallest absolute Gasteiger partial charge is 0.328 e. The molecule has 0 heterocycles. The Balaban J connectivity index is 0.000000389. The van der Waals surface area contributed by atoms with Crippen molar-refractivity contribution < 1.29 is 49.7 Å². The predicted octanol–water partition coefficient (Wildman–Crippen LogP) is 9.16. The molecular weight excluding hydrogens is 934 g/mol. The van der Waals surface area contributed by atoms with E-state index in [-0.39, 0.29) is 11.5 Å². The summed E-state index contributed by atoms with van der Waals surface area (Å²) in [6.07, 6.45) is 10.1. The summed E-state index contributed by atoms with van der Waals surface area (Å²) in [6.45, 7) is 5.50. The molecule has 66 heavy (non-hydrogen) atoms. The van der Waals surface area contributed by atoms with Crippen molar-refractivity contribution >= 4 is 69.7 Å². The first-order valence-electron chi connectivity index (χ1n) is 21.7. The number of carboxylic acids is 2. The molecule has 2 unspecified atom stereocenters. The molecule has 0 spiro atoms. The highest BCUT2D eigenvalue weighted by Gasteiger charge is 2.13. The second-order valence-corrected chi connectivity index (χ2v) is 16.8. The molecule has 4 rings (SSSR count). The van der Waals surface area contributed by atoms with Gasteiger partial charge in [0.15, 0.2) is 0 Å². The van der Waals surface area contributed by atoms with E-state index in [1.165, 1.54) is 11.1 Å². The van der Waals surface area contributed by atoms with Crippen LogP contribution in [0.15, 0.2) is 84.9 Å². The fourth-order valence-corrected chi connectivity index (χ4v) is 6.98. The molecule has 0 fully saturated rings. The fraction of sp³-hybridized carbons (Fsp3) is 0.417. The van der Waals surface area contributed by atoms with Crippen molar-refractivity contribution in [3.05, 3.63) is 127 Å². The molecule has 0 bridgehead atoms. The summed E-state index contributed by atoms with van der Waals surface area (Å²) in [5, 5.41) is 62.5. The maximum Gasteiger partial charge on any atom is 0.328 e. The Labute approximate surface area is 407 Å². The van der Waals surface area contributed by atoms with Gasteiger partial charge >= 0.3 is 11.9 Å². The van der Waals surface area contributed by atoms with Gasteiger partial charge in [-0.25, -0.2) is 9.59 Å². The van der Waals surface area contributed by atoms with Gasteiger partial charge in [-0.2, -0.15) is 0 Å². The molecule has 0 saturated carbocycles. The molecule has 0 aromatic heterocycles. The van der Waals surface area contributed by atoms with Crippen LogP contribution in [0.5, 0.6) is 11.5 Å². The molecule has 14 nitrogen and oxygen atoms in total. The number of nitrogens with two attached hydrogens (primary N) is 2. The van der Waals surface area contributed by atoms with Gasteiger partial charge < -0.3 is 62.2 Å². The number of phenolic OH excluding ortho intramolecular Hbond substituents is 2. The molecule has 0 aliphatic rings. The molecule has 0 aliphatic heterocycles. The van der Waals surface area contributed by atoms with Crippen molar-refractivity contribution in [2.45, 2.75) is 76.4 Å². The van der Waals surface area contributed by atoms with Crippen LogP contribution in [0, 0.1) is 0 Å². The number of nitrogens with one attached hydrogen (secondary N) is 2. The van der Waals surface area contributed by atoms with Crippen LogP contribution in [0.1, 0.15) is 85.8 Å². The number of aliphatic hydroxyl groups is 2. The fourth-order valence-electron chi connectivity index (χ4n) is 5.97. The Morgan fingerprint density at radius 2 is 0.848 bits per heavy atom. The van der Waals surface area contributed by atoms with Crippen LogP contribution in [0.3, 0.4) is 0 Å². The van der Waals surface area contributed by atoms with E-state index in [4.69, 9.17) is 77.6 Å². The number of ether oxygens (including phenoxy) is 2. The van der Waals surface area contributed by atoms with E-state index in [1.54, 1.807) is 48.5 Å². The van der Waals surface area contributed by atoms with Crippen LogP contribution in [0.2, 0.25) is 20.1 Å². The van der Waals surface area contributed by atoms with E-state index in [1.807, 2.05) is 24.3 Å². The van der Waals surface area contributed by atoms with Crippen molar-refractivity contribution in [2.75, 3.05) is 64.1 Å². The zero-order chi connectivity index (χ0) is 48.7. The largest absolute Gasteiger partial charge is 0.508 e. The van der Waals surface area contributed by atoms with E-state index >= 15 is 0 Å². The highest BCUT2D eigenvalue weighted by Crippen LogP contribution is 2.32. The third-order valence-electron chi connectivity index (χ3n) is 9.74. The van der Waals surface area contributed by atoms with Gasteiger partial charge in [0.1, 0.15) is 11.5 Å². The second kappa shape index (κ2) is 34.0. The molecule has 0 radical (unpaired) electrons. The number of nitrogen functional groups attached to an aromatic ring is 2. The number of aliphatic hydroxyl groups excluding tert-OH is 2. The van der Waals surface area contributed by atoms with Gasteiger partial charge in [0.2, 0.25) is 0 Å². The number of rotatable bonds is 28. The molecule has 0 amide bonds. The number of aliphatic carboxylic acids is 2. The number of halogens is 4. The number of phenols is 2. The van der Waals surface area contributed by atoms with E-state index in [2.05, 4.69) is 10.6 Å². The summed E-state index contributed by atoms with van der Waals surface area (Å²) in [6, 6.07) is 21.0. The average molecular weight is 999 g/mol. The molecule has 2 atom stereocenters. The maximum atomic E-state index is 10.2. The van der Waals surface area contributed by atoms with Crippen molar-refractivity contribution in [1.82, 2.24) is 10.6 Å². The minimum Gasteiger partial charge on any atom is -0.508 e.